The number of hydrogen-bond acceptors (Lipinski definition) is 4. The molecule has 2 heterocycles. The van der Waals surface area contributed by atoms with Crippen molar-refractivity contribution in [2.75, 3.05) is 0 Å². The Labute approximate surface area is 123 Å². The molecular weight excluding hydrogens is 291 g/mol. The van der Waals surface area contributed by atoms with Gasteiger partial charge < -0.3 is 9.52 Å². The molecule has 6 nitrogen and oxygen atoms in total. The molecule has 3 rings (SSSR count). The number of aryl methyl sites for hydroxylation is 1. The van der Waals surface area contributed by atoms with Crippen molar-refractivity contribution in [1.29, 1.82) is 0 Å². The normalized spacial score (nSPS) is 11.0. The van der Waals surface area contributed by atoms with Crippen molar-refractivity contribution >= 4 is 17.1 Å². The maximum absolute atomic E-state index is 12.9. The van der Waals surface area contributed by atoms with E-state index in [-0.39, 0.29) is 34.8 Å². The summed E-state index contributed by atoms with van der Waals surface area (Å²) in [6.45, 7) is 1.63. The molecule has 0 saturated carbocycles. The van der Waals surface area contributed by atoms with Crippen LogP contribution in [0.25, 0.3) is 11.1 Å². The van der Waals surface area contributed by atoms with Gasteiger partial charge in [-0.25, -0.2) is 14.2 Å². The lowest BCUT2D eigenvalue weighted by atomic mass is 10.2. The van der Waals surface area contributed by atoms with Gasteiger partial charge in [0.1, 0.15) is 28.9 Å². The molecule has 0 aliphatic carbocycles. The van der Waals surface area contributed by atoms with Crippen LogP contribution < -0.4 is 5.56 Å². The number of benzene rings is 1. The third-order valence-corrected chi connectivity index (χ3v) is 3.33. The van der Waals surface area contributed by atoms with Crippen molar-refractivity contribution in [3.8, 4) is 0 Å². The molecule has 0 amide bonds. The first-order chi connectivity index (χ1) is 10.5. The molecule has 0 saturated heterocycles. The molecular formula is C15H11FN2O4. The number of fused-ring (bicyclic) bond motifs is 1. The van der Waals surface area contributed by atoms with Crippen LogP contribution in [-0.4, -0.2) is 20.6 Å². The number of aromatic carboxylic acids is 1. The minimum atomic E-state index is -1.24. The van der Waals surface area contributed by atoms with E-state index >= 15 is 0 Å². The van der Waals surface area contributed by atoms with Crippen molar-refractivity contribution in [2.24, 2.45) is 0 Å². The minimum Gasteiger partial charge on any atom is -0.478 e. The summed E-state index contributed by atoms with van der Waals surface area (Å²) < 4.78 is 19.4. The summed E-state index contributed by atoms with van der Waals surface area (Å²) >= 11 is 0. The van der Waals surface area contributed by atoms with E-state index in [2.05, 4.69) is 4.98 Å². The highest BCUT2D eigenvalue weighted by Gasteiger charge is 2.22. The maximum Gasteiger partial charge on any atom is 0.340 e. The second-order valence-electron chi connectivity index (χ2n) is 4.82. The van der Waals surface area contributed by atoms with Gasteiger partial charge in [-0.3, -0.25) is 9.36 Å². The lowest BCUT2D eigenvalue weighted by Gasteiger charge is -2.05. The van der Waals surface area contributed by atoms with E-state index in [1.807, 2.05) is 0 Å². The molecule has 0 fully saturated rings. The van der Waals surface area contributed by atoms with Crippen molar-refractivity contribution in [2.45, 2.75) is 13.5 Å². The van der Waals surface area contributed by atoms with Crippen LogP contribution in [0, 0.1) is 12.7 Å². The molecule has 0 aliphatic heterocycles. The molecule has 0 radical (unpaired) electrons. The first kappa shape index (κ1) is 14.0. The van der Waals surface area contributed by atoms with Gasteiger partial charge in [-0.2, -0.15) is 0 Å². The Bertz CT molecular complexity index is 925. The zero-order valence-corrected chi connectivity index (χ0v) is 11.5. The highest BCUT2D eigenvalue weighted by Crippen LogP contribution is 2.20. The van der Waals surface area contributed by atoms with E-state index in [9.17, 15) is 19.1 Å². The Morgan fingerprint density at radius 3 is 2.68 bits per heavy atom. The number of furan rings is 1. The van der Waals surface area contributed by atoms with Crippen molar-refractivity contribution in [1.82, 2.24) is 9.55 Å². The molecule has 22 heavy (non-hydrogen) atoms. The minimum absolute atomic E-state index is 0.00439. The van der Waals surface area contributed by atoms with Crippen molar-refractivity contribution in [3.63, 3.8) is 0 Å². The quantitative estimate of drug-likeness (QED) is 0.801. The summed E-state index contributed by atoms with van der Waals surface area (Å²) in [5, 5.41) is 9.15. The first-order valence-electron chi connectivity index (χ1n) is 6.43. The van der Waals surface area contributed by atoms with Gasteiger partial charge in [0.15, 0.2) is 0 Å². The van der Waals surface area contributed by atoms with E-state index in [4.69, 9.17) is 4.42 Å². The molecule has 0 spiro atoms. The first-order valence-corrected chi connectivity index (χ1v) is 6.43. The molecule has 0 bridgehead atoms. The third-order valence-electron chi connectivity index (χ3n) is 3.33. The molecule has 1 N–H and O–H groups in total. The van der Waals surface area contributed by atoms with Crippen molar-refractivity contribution in [3.05, 3.63) is 63.7 Å². The standard InChI is InChI=1S/C15H11FN2O4/c1-8-11(15(20)21)12-13(22-8)17-7-18(14(12)19)6-9-2-4-10(16)5-3-9/h2-5,7H,6H2,1H3,(H,20,21). The van der Waals surface area contributed by atoms with Gasteiger partial charge in [0.05, 0.1) is 6.54 Å². The zero-order valence-electron chi connectivity index (χ0n) is 11.5. The van der Waals surface area contributed by atoms with Crippen LogP contribution in [0.5, 0.6) is 0 Å². The van der Waals surface area contributed by atoms with E-state index in [1.54, 1.807) is 12.1 Å². The number of hydrogen-bond donors (Lipinski definition) is 1. The molecule has 7 heteroatoms. The Balaban J connectivity index is 2.13. The van der Waals surface area contributed by atoms with Gasteiger partial charge in [0.25, 0.3) is 5.56 Å². The number of carboxylic acids is 1. The van der Waals surface area contributed by atoms with Crippen LogP contribution in [0.1, 0.15) is 21.7 Å². The number of aromatic nitrogens is 2. The van der Waals surface area contributed by atoms with Gasteiger partial charge >= 0.3 is 5.97 Å². The lowest BCUT2D eigenvalue weighted by Crippen LogP contribution is -2.22. The summed E-state index contributed by atoms with van der Waals surface area (Å²) in [5.74, 6) is -1.48. The van der Waals surface area contributed by atoms with E-state index in [0.29, 0.717) is 5.56 Å². The highest BCUT2D eigenvalue weighted by molar-refractivity contribution is 6.02. The fraction of sp³-hybridized carbons (Fsp3) is 0.133. The Hall–Kier alpha value is -2.96. The number of halogens is 1. The molecule has 0 aliphatic rings. The topological polar surface area (TPSA) is 85.3 Å². The van der Waals surface area contributed by atoms with Crippen LogP contribution in [0.3, 0.4) is 0 Å². The van der Waals surface area contributed by atoms with Crippen LogP contribution in [0.15, 0.2) is 39.8 Å². The van der Waals surface area contributed by atoms with Gasteiger partial charge in [0, 0.05) is 0 Å². The van der Waals surface area contributed by atoms with Crippen molar-refractivity contribution < 1.29 is 18.7 Å². The fourth-order valence-corrected chi connectivity index (χ4v) is 2.29. The summed E-state index contributed by atoms with van der Waals surface area (Å²) in [5.41, 5.74) is 0.00142. The van der Waals surface area contributed by atoms with Gasteiger partial charge in [-0.15, -0.1) is 0 Å². The molecule has 0 atom stereocenters. The highest BCUT2D eigenvalue weighted by atomic mass is 19.1. The largest absolute Gasteiger partial charge is 0.478 e. The second kappa shape index (κ2) is 5.10. The molecule has 0 unspecified atom stereocenters. The van der Waals surface area contributed by atoms with Crippen LogP contribution in [0.2, 0.25) is 0 Å². The van der Waals surface area contributed by atoms with Gasteiger partial charge in [-0.1, -0.05) is 12.1 Å². The zero-order chi connectivity index (χ0) is 15.9. The van der Waals surface area contributed by atoms with Crippen LogP contribution in [-0.2, 0) is 6.54 Å². The molecule has 3 aromatic rings. The summed E-state index contributed by atoms with van der Waals surface area (Å²) in [7, 11) is 0. The van der Waals surface area contributed by atoms with E-state index in [0.717, 1.165) is 0 Å². The van der Waals surface area contributed by atoms with Crippen LogP contribution in [0.4, 0.5) is 4.39 Å². The summed E-state index contributed by atoms with van der Waals surface area (Å²) in [6.07, 6.45) is 1.28. The predicted octanol–water partition coefficient (Wildman–Crippen LogP) is 2.18. The Morgan fingerprint density at radius 1 is 1.36 bits per heavy atom. The van der Waals surface area contributed by atoms with Gasteiger partial charge in [0.2, 0.25) is 5.71 Å². The summed E-state index contributed by atoms with van der Waals surface area (Å²) in [4.78, 5) is 27.7. The maximum atomic E-state index is 12.9. The average molecular weight is 302 g/mol. The SMILES string of the molecule is Cc1oc2ncn(Cc3ccc(F)cc3)c(=O)c2c1C(=O)O. The number of nitrogens with zero attached hydrogens (tertiary/aromatic N) is 2. The number of rotatable bonds is 3. The monoisotopic (exact) mass is 302 g/mol. The number of carbonyl (C=O) groups is 1. The number of carboxylic acid groups (broad SMARTS) is 1. The third kappa shape index (κ3) is 2.26. The lowest BCUT2D eigenvalue weighted by molar-refractivity contribution is 0.0697. The molecule has 1 aromatic carbocycles. The Kier molecular flexibility index (Phi) is 3.25. The second-order valence-corrected chi connectivity index (χ2v) is 4.82. The smallest absolute Gasteiger partial charge is 0.340 e. The van der Waals surface area contributed by atoms with E-state index in [1.165, 1.54) is 30.0 Å². The predicted molar refractivity (Wildman–Crippen MR) is 75.5 cm³/mol. The van der Waals surface area contributed by atoms with Crippen LogP contribution >= 0.6 is 0 Å². The molecule has 112 valence electrons. The Morgan fingerprint density at radius 2 is 2.05 bits per heavy atom. The average Bonchev–Trinajstić information content (AvgIpc) is 2.81. The fourth-order valence-electron chi connectivity index (χ4n) is 2.29. The molecule has 2 aromatic heterocycles. The van der Waals surface area contributed by atoms with Gasteiger partial charge in [-0.05, 0) is 24.6 Å². The van der Waals surface area contributed by atoms with E-state index < -0.39 is 11.5 Å². The summed E-state index contributed by atoms with van der Waals surface area (Å²) in [6, 6.07) is 5.67.